The highest BCUT2D eigenvalue weighted by atomic mass is 19.1. The Morgan fingerprint density at radius 1 is 0.764 bits per heavy atom. The number of halogens is 4. The summed E-state index contributed by atoms with van der Waals surface area (Å²) in [6.07, 6.45) is 7.90. The number of carbonyl (C=O) groups is 3. The van der Waals surface area contributed by atoms with Crippen molar-refractivity contribution in [3.8, 4) is 0 Å². The van der Waals surface area contributed by atoms with Gasteiger partial charge in [0.2, 0.25) is 0 Å². The van der Waals surface area contributed by atoms with Gasteiger partial charge in [-0.3, -0.25) is 9.59 Å². The standard InChI is InChI=1S/C21H22F2N2O3.C14H15F2NO.C6H9NO.CH4/c1-13-14(2-7-28-13)12-24-20(27)25-5-3-21(4-6-25)10-17-16(19(26)11-21)8-15(22)9-18(17)23;15-9-5-10-11(12(16)6-9)7-14(8-13(10)18)1-3-17-4-2-14;1-5-6(4-7)2-3-8-5;/h2,7-9H,3-6,10-12H2,1H3,(H,24,27);5-6,17H,1-4,7-8H2;2-3H,4,7H2,1H3;1H4. The number of urea groups is 1. The van der Waals surface area contributed by atoms with E-state index in [-0.39, 0.29) is 53.4 Å². The van der Waals surface area contributed by atoms with Crippen LogP contribution in [0.3, 0.4) is 0 Å². The molecule has 2 amide bonds. The number of amides is 2. The number of hydrogen-bond acceptors (Lipinski definition) is 7. The number of likely N-dealkylation sites (tertiary alicyclic amines) is 1. The summed E-state index contributed by atoms with van der Waals surface area (Å²) in [6, 6.07) is 7.57. The van der Waals surface area contributed by atoms with Crippen molar-refractivity contribution in [3.63, 3.8) is 0 Å². The van der Waals surface area contributed by atoms with Gasteiger partial charge in [0.05, 0.1) is 12.5 Å². The molecule has 4 aromatic rings. The predicted molar refractivity (Wildman–Crippen MR) is 200 cm³/mol. The zero-order chi connectivity index (χ0) is 38.6. The van der Waals surface area contributed by atoms with E-state index in [1.807, 2.05) is 26.0 Å². The monoisotopic (exact) mass is 766 g/mol. The summed E-state index contributed by atoms with van der Waals surface area (Å²) in [5.41, 5.74) is 8.01. The first kappa shape index (κ1) is 41.4. The molecule has 0 atom stereocenters. The van der Waals surface area contributed by atoms with Gasteiger partial charge < -0.3 is 30.1 Å². The van der Waals surface area contributed by atoms with Crippen LogP contribution in [-0.4, -0.2) is 48.7 Å². The molecule has 8 rings (SSSR count). The molecule has 4 N–H and O–H groups in total. The van der Waals surface area contributed by atoms with Gasteiger partial charge in [0.15, 0.2) is 11.6 Å². The first-order chi connectivity index (χ1) is 25.8. The SMILES string of the molecule is C.Cc1occc1CN.Cc1occc1CNC(=O)N1CCC2(CC1)CC(=O)c1cc(F)cc(F)c1C2.O=C1CC2(CCNCC2)Cc2c(F)cc(F)cc21. The average molecular weight is 767 g/mol. The summed E-state index contributed by atoms with van der Waals surface area (Å²) < 4.78 is 64.9. The number of aryl methyl sites for hydroxylation is 2. The maximum absolute atomic E-state index is 14.2. The fourth-order valence-corrected chi connectivity index (χ4v) is 8.16. The Kier molecular flexibility index (Phi) is 13.1. The van der Waals surface area contributed by atoms with E-state index in [1.165, 1.54) is 6.07 Å². The quantitative estimate of drug-likeness (QED) is 0.180. The Labute approximate surface area is 319 Å². The molecular weight excluding hydrogens is 716 g/mol. The van der Waals surface area contributed by atoms with E-state index in [0.717, 1.165) is 66.8 Å². The normalized spacial score (nSPS) is 17.9. The van der Waals surface area contributed by atoms with Crippen molar-refractivity contribution in [3.05, 3.63) is 117 Å². The minimum Gasteiger partial charge on any atom is -0.469 e. The summed E-state index contributed by atoms with van der Waals surface area (Å²) in [5, 5.41) is 6.14. The smallest absolute Gasteiger partial charge is 0.317 e. The lowest BCUT2D eigenvalue weighted by molar-refractivity contribution is 0.0728. The Balaban J connectivity index is 0.000000183. The zero-order valence-electron chi connectivity index (χ0n) is 30.6. The van der Waals surface area contributed by atoms with Gasteiger partial charge >= 0.3 is 6.03 Å². The molecule has 9 nitrogen and oxygen atoms in total. The first-order valence-corrected chi connectivity index (χ1v) is 18.3. The van der Waals surface area contributed by atoms with Gasteiger partial charge in [0.25, 0.3) is 0 Å². The number of rotatable bonds is 3. The van der Waals surface area contributed by atoms with Crippen molar-refractivity contribution in [2.24, 2.45) is 16.6 Å². The molecule has 2 aromatic carbocycles. The number of furan rings is 2. The molecule has 4 aliphatic rings. The third-order valence-corrected chi connectivity index (χ3v) is 11.5. The second kappa shape index (κ2) is 17.4. The van der Waals surface area contributed by atoms with Crippen LogP contribution in [0.1, 0.15) is 100 Å². The van der Waals surface area contributed by atoms with Crippen LogP contribution < -0.4 is 16.4 Å². The molecule has 55 heavy (non-hydrogen) atoms. The number of piperidine rings is 2. The maximum Gasteiger partial charge on any atom is 0.317 e. The lowest BCUT2D eigenvalue weighted by Crippen LogP contribution is -2.49. The lowest BCUT2D eigenvalue weighted by Gasteiger charge is -2.44. The molecule has 296 valence electrons. The van der Waals surface area contributed by atoms with E-state index < -0.39 is 23.3 Å². The minimum atomic E-state index is -0.722. The van der Waals surface area contributed by atoms with Crippen LogP contribution in [0.5, 0.6) is 0 Å². The molecule has 2 aliphatic carbocycles. The highest BCUT2D eigenvalue weighted by molar-refractivity contribution is 5.99. The van der Waals surface area contributed by atoms with Gasteiger partial charge in [-0.2, -0.15) is 0 Å². The van der Waals surface area contributed by atoms with E-state index in [2.05, 4.69) is 10.6 Å². The van der Waals surface area contributed by atoms with Crippen molar-refractivity contribution < 1.29 is 40.8 Å². The lowest BCUT2D eigenvalue weighted by atomic mass is 9.66. The molecule has 2 aliphatic heterocycles. The zero-order valence-corrected chi connectivity index (χ0v) is 30.6. The van der Waals surface area contributed by atoms with Crippen LogP contribution in [0.4, 0.5) is 22.4 Å². The fraction of sp³-hybridized carbons (Fsp3) is 0.452. The number of hydrogen-bond donors (Lipinski definition) is 3. The fourth-order valence-electron chi connectivity index (χ4n) is 8.16. The van der Waals surface area contributed by atoms with Crippen LogP contribution in [0.25, 0.3) is 0 Å². The molecule has 2 saturated heterocycles. The summed E-state index contributed by atoms with van der Waals surface area (Å²) in [6.45, 7) is 7.45. The molecular formula is C42H50F4N4O5. The van der Waals surface area contributed by atoms with Crippen molar-refractivity contribution in [2.75, 3.05) is 26.2 Å². The molecule has 0 saturated carbocycles. The van der Waals surface area contributed by atoms with Crippen LogP contribution in [0.15, 0.2) is 57.8 Å². The van der Waals surface area contributed by atoms with Crippen LogP contribution >= 0.6 is 0 Å². The molecule has 13 heteroatoms. The van der Waals surface area contributed by atoms with Crippen LogP contribution in [0, 0.1) is 47.9 Å². The van der Waals surface area contributed by atoms with Crippen molar-refractivity contribution in [1.82, 2.24) is 15.5 Å². The number of nitrogens with zero attached hydrogens (tertiary/aromatic N) is 1. The van der Waals surface area contributed by atoms with Gasteiger partial charge in [0, 0.05) is 73.4 Å². The first-order valence-electron chi connectivity index (χ1n) is 18.3. The van der Waals surface area contributed by atoms with E-state index >= 15 is 0 Å². The highest BCUT2D eigenvalue weighted by Gasteiger charge is 2.43. The molecule has 0 bridgehead atoms. The minimum absolute atomic E-state index is 0. The maximum atomic E-state index is 14.2. The van der Waals surface area contributed by atoms with Crippen molar-refractivity contribution >= 4 is 17.6 Å². The van der Waals surface area contributed by atoms with Crippen molar-refractivity contribution in [2.45, 2.75) is 85.7 Å². The number of nitrogens with two attached hydrogens (primary N) is 1. The second-order valence-corrected chi connectivity index (χ2v) is 15.0. The Morgan fingerprint density at radius 2 is 1.24 bits per heavy atom. The Morgan fingerprint density at radius 3 is 1.67 bits per heavy atom. The molecule has 4 heterocycles. The topological polar surface area (TPSA) is 131 Å². The number of benzene rings is 2. The van der Waals surface area contributed by atoms with E-state index in [9.17, 15) is 31.9 Å². The molecule has 2 aromatic heterocycles. The van der Waals surface area contributed by atoms with Gasteiger partial charge in [0.1, 0.15) is 34.8 Å². The summed E-state index contributed by atoms with van der Waals surface area (Å²) in [5.74, 6) is -1.25. The molecule has 2 spiro atoms. The molecule has 2 fully saturated rings. The van der Waals surface area contributed by atoms with E-state index in [0.29, 0.717) is 69.4 Å². The Bertz CT molecular complexity index is 2010. The molecule has 0 unspecified atom stereocenters. The third kappa shape index (κ3) is 9.38. The van der Waals surface area contributed by atoms with E-state index in [4.69, 9.17) is 14.6 Å². The van der Waals surface area contributed by atoms with Crippen molar-refractivity contribution in [1.29, 1.82) is 0 Å². The van der Waals surface area contributed by atoms with E-state index in [1.54, 1.807) is 17.4 Å². The highest BCUT2D eigenvalue weighted by Crippen LogP contribution is 2.45. The third-order valence-electron chi connectivity index (χ3n) is 11.5. The summed E-state index contributed by atoms with van der Waals surface area (Å²) in [4.78, 5) is 38.8. The summed E-state index contributed by atoms with van der Waals surface area (Å²) in [7, 11) is 0. The molecule has 0 radical (unpaired) electrons. The van der Waals surface area contributed by atoms with Gasteiger partial charge in [-0.05, 0) is 112 Å². The number of carbonyl (C=O) groups excluding carboxylic acids is 3. The van der Waals surface area contributed by atoms with Crippen LogP contribution in [0.2, 0.25) is 0 Å². The number of nitrogens with one attached hydrogen (secondary N) is 2. The van der Waals surface area contributed by atoms with Gasteiger partial charge in [-0.1, -0.05) is 7.43 Å². The average Bonchev–Trinajstić information content (AvgIpc) is 3.76. The number of Topliss-reactive ketones (excluding diaryl/α,β-unsaturated/α-hetero) is 2. The predicted octanol–water partition coefficient (Wildman–Crippen LogP) is 8.13. The second-order valence-electron chi connectivity index (χ2n) is 15.0. The van der Waals surface area contributed by atoms with Gasteiger partial charge in [-0.15, -0.1) is 0 Å². The van der Waals surface area contributed by atoms with Crippen LogP contribution in [-0.2, 0) is 25.9 Å². The number of fused-ring (bicyclic) bond motifs is 2. The number of ketones is 2. The Hall–Kier alpha value is -4.75. The largest absolute Gasteiger partial charge is 0.469 e. The van der Waals surface area contributed by atoms with Gasteiger partial charge in [-0.25, -0.2) is 22.4 Å². The summed E-state index contributed by atoms with van der Waals surface area (Å²) >= 11 is 0.